The molecule has 0 aliphatic carbocycles. The van der Waals surface area contributed by atoms with E-state index in [1.54, 1.807) is 6.92 Å². The van der Waals surface area contributed by atoms with Gasteiger partial charge in [0.15, 0.2) is 5.82 Å². The summed E-state index contributed by atoms with van der Waals surface area (Å²) in [5.41, 5.74) is 0.386. The van der Waals surface area contributed by atoms with Gasteiger partial charge in [-0.15, -0.1) is 0 Å². The summed E-state index contributed by atoms with van der Waals surface area (Å²) in [7, 11) is 0. The highest BCUT2D eigenvalue weighted by atomic mass is 16.6. The normalized spacial score (nSPS) is 10.2. The molecule has 0 spiro atoms. The molecule has 20 heavy (non-hydrogen) atoms. The fraction of sp³-hybridized carbons (Fsp3) is 0.250. The lowest BCUT2D eigenvalue weighted by atomic mass is 10.3. The Balaban J connectivity index is 1.95. The van der Waals surface area contributed by atoms with Crippen molar-refractivity contribution in [3.8, 4) is 0 Å². The first-order valence-corrected chi connectivity index (χ1v) is 5.83. The van der Waals surface area contributed by atoms with Crippen LogP contribution in [-0.2, 0) is 11.3 Å². The van der Waals surface area contributed by atoms with Gasteiger partial charge >= 0.3 is 11.8 Å². The van der Waals surface area contributed by atoms with E-state index in [0.29, 0.717) is 11.4 Å². The zero-order chi connectivity index (χ0) is 14.5. The van der Waals surface area contributed by atoms with Crippen LogP contribution in [0.4, 0.5) is 5.82 Å². The number of nitrogens with zero attached hydrogens (tertiary/aromatic N) is 4. The molecule has 2 rings (SSSR count). The van der Waals surface area contributed by atoms with E-state index in [9.17, 15) is 14.9 Å². The number of hydrogen-bond acceptors (Lipinski definition) is 6. The number of aryl methyl sites for hydroxylation is 1. The fourth-order valence-electron chi connectivity index (χ4n) is 1.68. The molecule has 0 radical (unpaired) electrons. The molecule has 0 N–H and O–H groups in total. The summed E-state index contributed by atoms with van der Waals surface area (Å²) < 4.78 is 6.44. The van der Waals surface area contributed by atoms with Crippen LogP contribution in [0, 0.1) is 17.0 Å². The first-order valence-electron chi connectivity index (χ1n) is 5.83. The van der Waals surface area contributed by atoms with Crippen LogP contribution in [0.15, 0.2) is 30.7 Å². The van der Waals surface area contributed by atoms with Gasteiger partial charge in [0.1, 0.15) is 19.3 Å². The third-order valence-corrected chi connectivity index (χ3v) is 2.69. The average molecular weight is 276 g/mol. The number of aromatic nitrogens is 3. The average Bonchev–Trinajstić information content (AvgIpc) is 2.81. The van der Waals surface area contributed by atoms with Gasteiger partial charge in [0.25, 0.3) is 0 Å². The van der Waals surface area contributed by atoms with E-state index in [1.807, 2.05) is 0 Å². The number of carbonyl (C=O) groups excluding carboxylic acids is 1. The van der Waals surface area contributed by atoms with E-state index in [-0.39, 0.29) is 19.0 Å². The summed E-state index contributed by atoms with van der Waals surface area (Å²) in [5, 5.41) is 10.8. The largest absolute Gasteiger partial charge is 0.458 e. The molecule has 2 heterocycles. The second kappa shape index (κ2) is 5.91. The van der Waals surface area contributed by atoms with E-state index in [0.717, 1.165) is 0 Å². The minimum absolute atomic E-state index is 0.0270. The predicted octanol–water partition coefficient (Wildman–Crippen LogP) is 1.35. The molecular weight excluding hydrogens is 264 g/mol. The Bertz CT molecular complexity index is 624. The number of pyridine rings is 1. The number of imidazole rings is 1. The molecule has 8 nitrogen and oxygen atoms in total. The van der Waals surface area contributed by atoms with Crippen LogP contribution in [0.3, 0.4) is 0 Å². The lowest BCUT2D eigenvalue weighted by Crippen LogP contribution is -2.13. The van der Waals surface area contributed by atoms with Gasteiger partial charge in [-0.3, -0.25) is 4.98 Å². The first kappa shape index (κ1) is 13.7. The third kappa shape index (κ3) is 2.97. The van der Waals surface area contributed by atoms with Gasteiger partial charge in [-0.1, -0.05) is 0 Å². The number of nitro groups is 1. The molecular formula is C12H12N4O4. The van der Waals surface area contributed by atoms with Gasteiger partial charge in [-0.2, -0.15) is 0 Å². The van der Waals surface area contributed by atoms with Crippen molar-refractivity contribution < 1.29 is 14.5 Å². The van der Waals surface area contributed by atoms with Crippen LogP contribution in [0.5, 0.6) is 0 Å². The number of rotatable bonds is 5. The van der Waals surface area contributed by atoms with E-state index in [1.165, 1.54) is 35.3 Å². The molecule has 0 fully saturated rings. The number of hydrogen-bond donors (Lipinski definition) is 0. The van der Waals surface area contributed by atoms with Crippen LogP contribution in [-0.4, -0.2) is 32.0 Å². The maximum Gasteiger partial charge on any atom is 0.342 e. The van der Waals surface area contributed by atoms with Gasteiger partial charge in [-0.25, -0.2) is 14.3 Å². The molecule has 0 atom stereocenters. The van der Waals surface area contributed by atoms with Gasteiger partial charge in [-0.05, 0) is 17.1 Å². The lowest BCUT2D eigenvalue weighted by molar-refractivity contribution is -0.392. The SMILES string of the molecule is Cc1ncc([N+](=O)[O-])n1CCOC(=O)c1ccncc1. The van der Waals surface area contributed by atoms with Crippen molar-refractivity contribution in [2.24, 2.45) is 0 Å². The molecule has 104 valence electrons. The van der Waals surface area contributed by atoms with E-state index < -0.39 is 10.9 Å². The summed E-state index contributed by atoms with van der Waals surface area (Å²) in [6.07, 6.45) is 4.16. The Kier molecular flexibility index (Phi) is 4.04. The standard InChI is InChI=1S/C12H12N4O4/c1-9-14-8-11(16(18)19)15(9)6-7-20-12(17)10-2-4-13-5-3-10/h2-5,8H,6-7H2,1H3. The van der Waals surface area contributed by atoms with Crippen molar-refractivity contribution in [2.45, 2.75) is 13.5 Å². The highest BCUT2D eigenvalue weighted by molar-refractivity contribution is 5.89. The zero-order valence-electron chi connectivity index (χ0n) is 10.7. The van der Waals surface area contributed by atoms with Crippen LogP contribution < -0.4 is 0 Å². The Hall–Kier alpha value is -2.77. The molecule has 0 unspecified atom stereocenters. The maximum absolute atomic E-state index is 11.7. The maximum atomic E-state index is 11.7. The minimum Gasteiger partial charge on any atom is -0.458 e. The van der Waals surface area contributed by atoms with Crippen molar-refractivity contribution in [1.82, 2.24) is 14.5 Å². The van der Waals surface area contributed by atoms with E-state index in [2.05, 4.69) is 9.97 Å². The molecule has 0 saturated heterocycles. The summed E-state index contributed by atoms with van der Waals surface area (Å²) in [5.74, 6) is -0.119. The van der Waals surface area contributed by atoms with Crippen LogP contribution in [0.2, 0.25) is 0 Å². The Morgan fingerprint density at radius 2 is 2.15 bits per heavy atom. The fourth-order valence-corrected chi connectivity index (χ4v) is 1.68. The summed E-state index contributed by atoms with van der Waals surface area (Å²) in [6.45, 7) is 1.86. The Morgan fingerprint density at radius 1 is 1.45 bits per heavy atom. The zero-order valence-corrected chi connectivity index (χ0v) is 10.7. The second-order valence-electron chi connectivity index (χ2n) is 3.94. The third-order valence-electron chi connectivity index (χ3n) is 2.69. The number of esters is 1. The highest BCUT2D eigenvalue weighted by Gasteiger charge is 2.17. The van der Waals surface area contributed by atoms with Crippen LogP contribution in [0.1, 0.15) is 16.2 Å². The van der Waals surface area contributed by atoms with Crippen molar-refractivity contribution in [3.05, 3.63) is 52.2 Å². The number of ether oxygens (including phenoxy) is 1. The van der Waals surface area contributed by atoms with Crippen molar-refractivity contribution >= 4 is 11.8 Å². The molecule has 2 aromatic heterocycles. The second-order valence-corrected chi connectivity index (χ2v) is 3.94. The molecule has 0 amide bonds. The Labute approximate surface area is 114 Å². The van der Waals surface area contributed by atoms with E-state index >= 15 is 0 Å². The first-order chi connectivity index (χ1) is 9.59. The lowest BCUT2D eigenvalue weighted by Gasteiger charge is -2.05. The van der Waals surface area contributed by atoms with Crippen molar-refractivity contribution in [3.63, 3.8) is 0 Å². The molecule has 0 aromatic carbocycles. The predicted molar refractivity (Wildman–Crippen MR) is 68.1 cm³/mol. The molecule has 0 saturated carbocycles. The van der Waals surface area contributed by atoms with Crippen molar-refractivity contribution in [2.75, 3.05) is 6.61 Å². The van der Waals surface area contributed by atoms with E-state index in [4.69, 9.17) is 4.74 Å². The van der Waals surface area contributed by atoms with Gasteiger partial charge in [0.05, 0.1) is 5.56 Å². The summed E-state index contributed by atoms with van der Waals surface area (Å²) in [6, 6.07) is 3.07. The molecule has 0 aliphatic rings. The van der Waals surface area contributed by atoms with Crippen LogP contribution in [0.25, 0.3) is 0 Å². The number of carbonyl (C=O) groups is 1. The van der Waals surface area contributed by atoms with Crippen LogP contribution >= 0.6 is 0 Å². The van der Waals surface area contributed by atoms with Gasteiger partial charge < -0.3 is 14.9 Å². The minimum atomic E-state index is -0.523. The smallest absolute Gasteiger partial charge is 0.342 e. The topological polar surface area (TPSA) is 100 Å². The molecule has 0 aliphatic heterocycles. The molecule has 8 heteroatoms. The summed E-state index contributed by atoms with van der Waals surface area (Å²) >= 11 is 0. The highest BCUT2D eigenvalue weighted by Crippen LogP contribution is 2.13. The quantitative estimate of drug-likeness (QED) is 0.464. The van der Waals surface area contributed by atoms with Gasteiger partial charge in [0.2, 0.25) is 0 Å². The Morgan fingerprint density at radius 3 is 2.80 bits per heavy atom. The summed E-state index contributed by atoms with van der Waals surface area (Å²) in [4.78, 5) is 29.6. The van der Waals surface area contributed by atoms with Crippen molar-refractivity contribution in [1.29, 1.82) is 0 Å². The van der Waals surface area contributed by atoms with Gasteiger partial charge in [0, 0.05) is 19.3 Å². The molecule has 2 aromatic rings. The monoisotopic (exact) mass is 276 g/mol. The molecule has 0 bridgehead atoms.